The van der Waals surface area contributed by atoms with Gasteiger partial charge in [-0.05, 0) is 30.7 Å². The third kappa shape index (κ3) is 2.68. The standard InChI is InChI=1S/C13H13NO4S2/c1-9-4-3-5-11(6-9)14(2)20(17,18)12-7-10(8-19-12)13(15)16/h3-8H,1-2H3,(H,15,16). The highest BCUT2D eigenvalue weighted by atomic mass is 32.2. The van der Waals surface area contributed by atoms with Gasteiger partial charge in [0.2, 0.25) is 0 Å². The van der Waals surface area contributed by atoms with Crippen molar-refractivity contribution >= 4 is 33.0 Å². The molecule has 0 fully saturated rings. The molecule has 106 valence electrons. The summed E-state index contributed by atoms with van der Waals surface area (Å²) in [6.45, 7) is 1.87. The van der Waals surface area contributed by atoms with Crippen LogP contribution in [0, 0.1) is 6.92 Å². The SMILES string of the molecule is Cc1cccc(N(C)S(=O)(=O)c2cc(C(=O)O)cs2)c1. The van der Waals surface area contributed by atoms with Gasteiger partial charge >= 0.3 is 5.97 Å². The van der Waals surface area contributed by atoms with Crippen molar-refractivity contribution in [3.63, 3.8) is 0 Å². The number of sulfonamides is 1. The molecular weight excluding hydrogens is 298 g/mol. The highest BCUT2D eigenvalue weighted by Gasteiger charge is 2.24. The number of hydrogen-bond acceptors (Lipinski definition) is 4. The lowest BCUT2D eigenvalue weighted by Crippen LogP contribution is -2.25. The van der Waals surface area contributed by atoms with Gasteiger partial charge in [-0.3, -0.25) is 4.31 Å². The number of carboxylic acids is 1. The zero-order chi connectivity index (χ0) is 14.9. The van der Waals surface area contributed by atoms with Crippen LogP contribution >= 0.6 is 11.3 Å². The fourth-order valence-corrected chi connectivity index (χ4v) is 4.17. The summed E-state index contributed by atoms with van der Waals surface area (Å²) in [5.74, 6) is -1.14. The van der Waals surface area contributed by atoms with Gasteiger partial charge in [-0.1, -0.05) is 12.1 Å². The van der Waals surface area contributed by atoms with Gasteiger partial charge in [0, 0.05) is 12.4 Å². The number of aryl methyl sites for hydroxylation is 1. The van der Waals surface area contributed by atoms with Gasteiger partial charge in [0.15, 0.2) is 0 Å². The number of nitrogens with zero attached hydrogens (tertiary/aromatic N) is 1. The molecule has 5 nitrogen and oxygen atoms in total. The average molecular weight is 311 g/mol. The first-order valence-electron chi connectivity index (χ1n) is 5.70. The number of thiophene rings is 1. The molecular formula is C13H13NO4S2. The highest BCUT2D eigenvalue weighted by molar-refractivity contribution is 7.94. The van der Waals surface area contributed by atoms with E-state index >= 15 is 0 Å². The molecule has 0 aliphatic heterocycles. The maximum Gasteiger partial charge on any atom is 0.336 e. The van der Waals surface area contributed by atoms with Crippen LogP contribution in [0.2, 0.25) is 0 Å². The Labute approximate surface area is 121 Å². The van der Waals surface area contributed by atoms with Crippen LogP contribution in [-0.2, 0) is 10.0 Å². The third-order valence-corrected chi connectivity index (χ3v) is 6.00. The number of hydrogen-bond donors (Lipinski definition) is 1. The predicted molar refractivity (Wildman–Crippen MR) is 78.0 cm³/mol. The third-order valence-electron chi connectivity index (χ3n) is 2.80. The minimum Gasteiger partial charge on any atom is -0.478 e. The molecule has 1 aromatic heterocycles. The molecule has 0 amide bonds. The van der Waals surface area contributed by atoms with Crippen molar-refractivity contribution in [1.29, 1.82) is 0 Å². The number of anilines is 1. The summed E-state index contributed by atoms with van der Waals surface area (Å²) < 4.78 is 26.0. The summed E-state index contributed by atoms with van der Waals surface area (Å²) >= 11 is 0.902. The van der Waals surface area contributed by atoms with Crippen LogP contribution in [0.1, 0.15) is 15.9 Å². The fourth-order valence-electron chi connectivity index (χ4n) is 1.66. The summed E-state index contributed by atoms with van der Waals surface area (Å²) in [5.41, 5.74) is 1.46. The highest BCUT2D eigenvalue weighted by Crippen LogP contribution is 2.27. The van der Waals surface area contributed by atoms with Crippen molar-refractivity contribution in [2.75, 3.05) is 11.4 Å². The second-order valence-electron chi connectivity index (χ2n) is 4.27. The first-order valence-corrected chi connectivity index (χ1v) is 8.02. The number of rotatable bonds is 4. The van der Waals surface area contributed by atoms with Crippen LogP contribution < -0.4 is 4.31 Å². The lowest BCUT2D eigenvalue weighted by Gasteiger charge is -2.18. The van der Waals surface area contributed by atoms with Crippen molar-refractivity contribution in [2.24, 2.45) is 0 Å². The molecule has 1 heterocycles. The van der Waals surface area contributed by atoms with Gasteiger partial charge in [0.05, 0.1) is 11.3 Å². The van der Waals surface area contributed by atoms with Gasteiger partial charge in [-0.25, -0.2) is 13.2 Å². The first kappa shape index (κ1) is 14.5. The van der Waals surface area contributed by atoms with Crippen LogP contribution in [0.3, 0.4) is 0 Å². The van der Waals surface area contributed by atoms with Gasteiger partial charge in [-0.2, -0.15) is 0 Å². The molecule has 0 saturated heterocycles. The lowest BCUT2D eigenvalue weighted by atomic mass is 10.2. The van der Waals surface area contributed by atoms with E-state index in [0.29, 0.717) is 5.69 Å². The van der Waals surface area contributed by atoms with E-state index < -0.39 is 16.0 Å². The van der Waals surface area contributed by atoms with Crippen LogP contribution in [0.25, 0.3) is 0 Å². The van der Waals surface area contributed by atoms with E-state index in [2.05, 4.69) is 0 Å². The summed E-state index contributed by atoms with van der Waals surface area (Å²) in [6, 6.07) is 8.26. The zero-order valence-electron chi connectivity index (χ0n) is 10.9. The summed E-state index contributed by atoms with van der Waals surface area (Å²) in [7, 11) is -2.28. The number of benzene rings is 1. The molecule has 2 rings (SSSR count). The topological polar surface area (TPSA) is 74.7 Å². The maximum absolute atomic E-state index is 12.4. The molecule has 0 unspecified atom stereocenters. The molecule has 20 heavy (non-hydrogen) atoms. The maximum atomic E-state index is 12.4. The lowest BCUT2D eigenvalue weighted by molar-refractivity contribution is 0.0697. The monoisotopic (exact) mass is 311 g/mol. The molecule has 0 saturated carbocycles. The zero-order valence-corrected chi connectivity index (χ0v) is 12.5. The van der Waals surface area contributed by atoms with E-state index in [4.69, 9.17) is 5.11 Å². The predicted octanol–water partition coefficient (Wildman–Crippen LogP) is 2.58. The Morgan fingerprint density at radius 1 is 1.30 bits per heavy atom. The molecule has 0 atom stereocenters. The first-order chi connectivity index (χ1) is 9.32. The van der Waals surface area contributed by atoms with E-state index in [0.717, 1.165) is 21.2 Å². The smallest absolute Gasteiger partial charge is 0.336 e. The van der Waals surface area contributed by atoms with Crippen molar-refractivity contribution in [2.45, 2.75) is 11.1 Å². The minimum absolute atomic E-state index is 0.0129. The van der Waals surface area contributed by atoms with Gasteiger partial charge in [0.25, 0.3) is 10.0 Å². The van der Waals surface area contributed by atoms with E-state index in [1.807, 2.05) is 13.0 Å². The van der Waals surface area contributed by atoms with E-state index in [-0.39, 0.29) is 9.77 Å². The van der Waals surface area contributed by atoms with Crippen LogP contribution in [0.15, 0.2) is 39.9 Å². The normalized spacial score (nSPS) is 11.3. The Hall–Kier alpha value is -1.86. The molecule has 0 radical (unpaired) electrons. The molecule has 2 aromatic rings. The van der Waals surface area contributed by atoms with Crippen molar-refractivity contribution in [3.8, 4) is 0 Å². The molecule has 0 aliphatic rings. The quantitative estimate of drug-likeness (QED) is 0.941. The van der Waals surface area contributed by atoms with Crippen LogP contribution in [0.5, 0.6) is 0 Å². The molecule has 0 bridgehead atoms. The second-order valence-corrected chi connectivity index (χ2v) is 7.38. The van der Waals surface area contributed by atoms with Gasteiger partial charge in [0.1, 0.15) is 4.21 Å². The Bertz CT molecular complexity index is 749. The van der Waals surface area contributed by atoms with Crippen LogP contribution in [0.4, 0.5) is 5.69 Å². The minimum atomic E-state index is -3.73. The fraction of sp³-hybridized carbons (Fsp3) is 0.154. The summed E-state index contributed by atoms with van der Waals surface area (Å²) in [5, 5.41) is 10.2. The van der Waals surface area contributed by atoms with Crippen molar-refractivity contribution in [3.05, 3.63) is 46.8 Å². The molecule has 1 N–H and O–H groups in total. The largest absolute Gasteiger partial charge is 0.478 e. The van der Waals surface area contributed by atoms with E-state index in [1.165, 1.54) is 18.5 Å². The molecule has 7 heteroatoms. The van der Waals surface area contributed by atoms with Crippen molar-refractivity contribution in [1.82, 2.24) is 0 Å². The number of aromatic carboxylic acids is 1. The van der Waals surface area contributed by atoms with Gasteiger partial charge in [-0.15, -0.1) is 11.3 Å². The Morgan fingerprint density at radius 2 is 2.00 bits per heavy atom. The van der Waals surface area contributed by atoms with Crippen molar-refractivity contribution < 1.29 is 18.3 Å². The molecule has 0 spiro atoms. The molecule has 1 aromatic carbocycles. The second kappa shape index (κ2) is 5.26. The number of carbonyl (C=O) groups is 1. The van der Waals surface area contributed by atoms with E-state index in [9.17, 15) is 13.2 Å². The Kier molecular flexibility index (Phi) is 3.82. The average Bonchev–Trinajstić information content (AvgIpc) is 2.88. The Morgan fingerprint density at radius 3 is 2.55 bits per heavy atom. The van der Waals surface area contributed by atoms with E-state index in [1.54, 1.807) is 18.2 Å². The summed E-state index contributed by atoms with van der Waals surface area (Å²) in [6.07, 6.45) is 0. The number of carboxylic acid groups (broad SMARTS) is 1. The molecule has 0 aliphatic carbocycles. The van der Waals surface area contributed by atoms with Gasteiger partial charge < -0.3 is 5.11 Å². The van der Waals surface area contributed by atoms with Crippen LogP contribution in [-0.4, -0.2) is 26.5 Å². The Balaban J connectivity index is 2.41. The summed E-state index contributed by atoms with van der Waals surface area (Å²) in [4.78, 5) is 10.8.